The molecule has 0 radical (unpaired) electrons. The number of carbonyl (C=O) groups is 2. The van der Waals surface area contributed by atoms with E-state index in [0.29, 0.717) is 6.42 Å². The summed E-state index contributed by atoms with van der Waals surface area (Å²) in [6, 6.07) is 7.19. The minimum Gasteiger partial charge on any atom is -0.452 e. The van der Waals surface area contributed by atoms with E-state index in [1.54, 1.807) is 6.08 Å². The number of nitrogens with one attached hydrogen (secondary N) is 1. The van der Waals surface area contributed by atoms with Gasteiger partial charge in [-0.25, -0.2) is 13.2 Å². The second kappa shape index (κ2) is 7.41. The van der Waals surface area contributed by atoms with Crippen molar-refractivity contribution in [2.45, 2.75) is 19.4 Å². The number of carbonyl (C=O) groups excluding carboxylic acids is 2. The van der Waals surface area contributed by atoms with Gasteiger partial charge in [-0.05, 0) is 25.0 Å². The van der Waals surface area contributed by atoms with Crippen LogP contribution >= 0.6 is 0 Å². The van der Waals surface area contributed by atoms with Crippen LogP contribution in [0, 0.1) is 6.92 Å². The number of amides is 1. The molecule has 1 aliphatic heterocycles. The Morgan fingerprint density at radius 2 is 2.00 bits per heavy atom. The molecule has 124 valence electrons. The van der Waals surface area contributed by atoms with E-state index in [9.17, 15) is 18.0 Å². The molecule has 1 fully saturated rings. The van der Waals surface area contributed by atoms with E-state index in [2.05, 4.69) is 5.32 Å². The lowest BCUT2D eigenvalue weighted by molar-refractivity contribution is -0.143. The smallest absolute Gasteiger partial charge is 0.331 e. The first kappa shape index (κ1) is 17.2. The Morgan fingerprint density at radius 1 is 1.30 bits per heavy atom. The van der Waals surface area contributed by atoms with Crippen LogP contribution in [0.15, 0.2) is 30.3 Å². The standard InChI is InChI=1S/C16H19NO5S/c1-12-2-4-13(5-3-12)6-7-16(19)22-10-15(18)17-14-8-9-23(20,21)11-14/h2-7,14H,8-11H2,1H3,(H,17,18)/b7-6+/t14-/m0/s1. The molecule has 6 nitrogen and oxygen atoms in total. The third-order valence-corrected chi connectivity index (χ3v) is 5.20. The van der Waals surface area contributed by atoms with Gasteiger partial charge in [-0.3, -0.25) is 4.79 Å². The molecule has 0 aliphatic carbocycles. The van der Waals surface area contributed by atoms with Crippen LogP contribution in [0.5, 0.6) is 0 Å². The summed E-state index contributed by atoms with van der Waals surface area (Å²) >= 11 is 0. The first-order valence-corrected chi connectivity index (χ1v) is 9.07. The molecule has 7 heteroatoms. The number of ether oxygens (including phenoxy) is 1. The fraction of sp³-hybridized carbons (Fsp3) is 0.375. The van der Waals surface area contributed by atoms with Crippen LogP contribution in [0.1, 0.15) is 17.5 Å². The third kappa shape index (κ3) is 5.86. The average molecular weight is 337 g/mol. The summed E-state index contributed by atoms with van der Waals surface area (Å²) in [6.07, 6.45) is 3.25. The van der Waals surface area contributed by atoms with Crippen LogP contribution in [-0.4, -0.2) is 44.4 Å². The van der Waals surface area contributed by atoms with Crippen molar-refractivity contribution in [1.29, 1.82) is 0 Å². The van der Waals surface area contributed by atoms with Crippen molar-refractivity contribution in [2.24, 2.45) is 0 Å². The molecular formula is C16H19NO5S. The van der Waals surface area contributed by atoms with E-state index in [4.69, 9.17) is 4.74 Å². The Morgan fingerprint density at radius 3 is 2.61 bits per heavy atom. The third-order valence-electron chi connectivity index (χ3n) is 3.43. The lowest BCUT2D eigenvalue weighted by Gasteiger charge is -2.10. The van der Waals surface area contributed by atoms with E-state index in [1.807, 2.05) is 31.2 Å². The number of sulfone groups is 1. The van der Waals surface area contributed by atoms with Crippen molar-refractivity contribution >= 4 is 27.8 Å². The Bertz CT molecular complexity index is 706. The minimum absolute atomic E-state index is 0.0555. The number of hydrogen-bond acceptors (Lipinski definition) is 5. The topological polar surface area (TPSA) is 89.5 Å². The molecule has 2 rings (SSSR count). The molecule has 0 bridgehead atoms. The van der Waals surface area contributed by atoms with Gasteiger partial charge >= 0.3 is 5.97 Å². The summed E-state index contributed by atoms with van der Waals surface area (Å²) in [4.78, 5) is 23.2. The van der Waals surface area contributed by atoms with E-state index in [0.717, 1.165) is 11.1 Å². The van der Waals surface area contributed by atoms with Crippen LogP contribution in [0.4, 0.5) is 0 Å². The predicted molar refractivity (Wildman–Crippen MR) is 86.4 cm³/mol. The van der Waals surface area contributed by atoms with Crippen molar-refractivity contribution < 1.29 is 22.7 Å². The maximum absolute atomic E-state index is 11.6. The van der Waals surface area contributed by atoms with E-state index >= 15 is 0 Å². The number of aryl methyl sites for hydroxylation is 1. The molecule has 1 aromatic carbocycles. The normalized spacial score (nSPS) is 19.6. The highest BCUT2D eigenvalue weighted by Crippen LogP contribution is 2.11. The van der Waals surface area contributed by atoms with Crippen LogP contribution in [0.3, 0.4) is 0 Å². The maximum atomic E-state index is 11.6. The molecule has 23 heavy (non-hydrogen) atoms. The Hall–Kier alpha value is -2.15. The Labute approximate surface area is 135 Å². The molecule has 1 N–H and O–H groups in total. The van der Waals surface area contributed by atoms with Crippen molar-refractivity contribution in [1.82, 2.24) is 5.32 Å². The molecule has 1 saturated heterocycles. The van der Waals surface area contributed by atoms with Crippen LogP contribution in [0.2, 0.25) is 0 Å². The van der Waals surface area contributed by atoms with Gasteiger partial charge in [0.15, 0.2) is 16.4 Å². The second-order valence-corrected chi connectivity index (χ2v) is 7.75. The zero-order valence-electron chi connectivity index (χ0n) is 12.8. The molecule has 0 saturated carbocycles. The molecule has 1 atom stereocenters. The summed E-state index contributed by atoms with van der Waals surface area (Å²) in [7, 11) is -3.05. The second-order valence-electron chi connectivity index (χ2n) is 5.52. The Balaban J connectivity index is 1.73. The lowest BCUT2D eigenvalue weighted by Crippen LogP contribution is -2.38. The summed E-state index contributed by atoms with van der Waals surface area (Å²) < 4.78 is 27.4. The zero-order chi connectivity index (χ0) is 16.9. The molecule has 0 unspecified atom stereocenters. The van der Waals surface area contributed by atoms with Gasteiger partial charge in [0.1, 0.15) is 0 Å². The van der Waals surface area contributed by atoms with Gasteiger partial charge in [0.2, 0.25) is 0 Å². The first-order chi connectivity index (χ1) is 10.8. The van der Waals surface area contributed by atoms with Crippen molar-refractivity contribution in [3.63, 3.8) is 0 Å². The zero-order valence-corrected chi connectivity index (χ0v) is 13.6. The van der Waals surface area contributed by atoms with Crippen molar-refractivity contribution in [3.05, 3.63) is 41.5 Å². The van der Waals surface area contributed by atoms with Gasteiger partial charge in [0, 0.05) is 12.1 Å². The molecular weight excluding hydrogens is 318 g/mol. The number of benzene rings is 1. The lowest BCUT2D eigenvalue weighted by atomic mass is 10.1. The number of esters is 1. The minimum atomic E-state index is -3.05. The van der Waals surface area contributed by atoms with Crippen LogP contribution in [0.25, 0.3) is 6.08 Å². The van der Waals surface area contributed by atoms with Gasteiger partial charge in [-0.1, -0.05) is 29.8 Å². The monoisotopic (exact) mass is 337 g/mol. The highest BCUT2D eigenvalue weighted by Gasteiger charge is 2.28. The van der Waals surface area contributed by atoms with E-state index < -0.39 is 34.4 Å². The van der Waals surface area contributed by atoms with E-state index in [1.165, 1.54) is 6.08 Å². The molecule has 1 aliphatic rings. The molecule has 0 spiro atoms. The summed E-state index contributed by atoms with van der Waals surface area (Å²) in [6.45, 7) is 1.55. The number of rotatable bonds is 5. The fourth-order valence-electron chi connectivity index (χ4n) is 2.20. The summed E-state index contributed by atoms with van der Waals surface area (Å²) in [5, 5.41) is 2.55. The molecule has 0 aromatic heterocycles. The van der Waals surface area contributed by atoms with Gasteiger partial charge in [-0.2, -0.15) is 0 Å². The van der Waals surface area contributed by atoms with Crippen molar-refractivity contribution in [2.75, 3.05) is 18.1 Å². The van der Waals surface area contributed by atoms with Gasteiger partial charge in [0.05, 0.1) is 11.5 Å². The van der Waals surface area contributed by atoms with Crippen LogP contribution in [-0.2, 0) is 24.2 Å². The first-order valence-electron chi connectivity index (χ1n) is 7.25. The quantitative estimate of drug-likeness (QED) is 0.636. The Kier molecular flexibility index (Phi) is 5.54. The fourth-order valence-corrected chi connectivity index (χ4v) is 3.88. The summed E-state index contributed by atoms with van der Waals surface area (Å²) in [5.41, 5.74) is 1.98. The molecule has 1 heterocycles. The molecule has 1 amide bonds. The predicted octanol–water partition coefficient (Wildman–Crippen LogP) is 0.855. The van der Waals surface area contributed by atoms with Gasteiger partial charge in [0.25, 0.3) is 5.91 Å². The van der Waals surface area contributed by atoms with Crippen molar-refractivity contribution in [3.8, 4) is 0 Å². The largest absolute Gasteiger partial charge is 0.452 e. The van der Waals surface area contributed by atoms with Crippen LogP contribution < -0.4 is 5.32 Å². The van der Waals surface area contributed by atoms with Gasteiger partial charge < -0.3 is 10.1 Å². The van der Waals surface area contributed by atoms with Gasteiger partial charge in [-0.15, -0.1) is 0 Å². The molecule has 1 aromatic rings. The van der Waals surface area contributed by atoms with E-state index in [-0.39, 0.29) is 11.5 Å². The maximum Gasteiger partial charge on any atom is 0.331 e. The number of hydrogen-bond donors (Lipinski definition) is 1. The SMILES string of the molecule is Cc1ccc(/C=C/C(=O)OCC(=O)N[C@H]2CCS(=O)(=O)C2)cc1. The highest BCUT2D eigenvalue weighted by molar-refractivity contribution is 7.91. The summed E-state index contributed by atoms with van der Waals surface area (Å²) in [5.74, 6) is -1.10. The highest BCUT2D eigenvalue weighted by atomic mass is 32.2. The average Bonchev–Trinajstić information content (AvgIpc) is 2.83.